The Balaban J connectivity index is 1.43. The van der Waals surface area contributed by atoms with E-state index in [2.05, 4.69) is 24.8 Å². The summed E-state index contributed by atoms with van der Waals surface area (Å²) in [5.74, 6) is 1.18. The number of piperidine rings is 1. The molecule has 2 aromatic heterocycles. The molecule has 0 amide bonds. The van der Waals surface area contributed by atoms with Gasteiger partial charge in [0.15, 0.2) is 5.82 Å². The third-order valence-electron chi connectivity index (χ3n) is 4.79. The number of ether oxygens (including phenoxy) is 1. The summed E-state index contributed by atoms with van der Waals surface area (Å²) in [6.07, 6.45) is 6.05. The van der Waals surface area contributed by atoms with Crippen molar-refractivity contribution < 1.29 is 9.13 Å². The van der Waals surface area contributed by atoms with Crippen LogP contribution in [0.25, 0.3) is 0 Å². The SMILES string of the molecule is Fc1cnc(N2CCC3(CC2)CN(c2ccccn2)CCO3)nc1. The average Bonchev–Trinajstić information content (AvgIpc) is 2.64. The van der Waals surface area contributed by atoms with Crippen LogP contribution in [-0.4, -0.2) is 53.3 Å². The van der Waals surface area contributed by atoms with Crippen LogP contribution in [0.4, 0.5) is 16.2 Å². The maximum absolute atomic E-state index is 13.0. The van der Waals surface area contributed by atoms with Crippen molar-refractivity contribution >= 4 is 11.8 Å². The van der Waals surface area contributed by atoms with E-state index < -0.39 is 5.82 Å². The molecule has 0 radical (unpaired) electrons. The summed E-state index contributed by atoms with van der Waals surface area (Å²) in [6, 6.07) is 5.99. The van der Waals surface area contributed by atoms with Crippen LogP contribution in [0.1, 0.15) is 12.8 Å². The Morgan fingerprint density at radius 1 is 1.00 bits per heavy atom. The number of morpholine rings is 1. The number of halogens is 1. The topological polar surface area (TPSA) is 54.4 Å². The van der Waals surface area contributed by atoms with Crippen LogP contribution < -0.4 is 9.80 Å². The van der Waals surface area contributed by atoms with Gasteiger partial charge in [-0.1, -0.05) is 6.07 Å². The Hall–Kier alpha value is -2.28. The first-order chi connectivity index (χ1) is 11.7. The highest BCUT2D eigenvalue weighted by molar-refractivity contribution is 5.39. The molecule has 4 heterocycles. The fraction of sp³-hybridized carbons (Fsp3) is 0.471. The largest absolute Gasteiger partial charge is 0.371 e. The Morgan fingerprint density at radius 2 is 1.79 bits per heavy atom. The van der Waals surface area contributed by atoms with E-state index in [1.165, 1.54) is 12.4 Å². The van der Waals surface area contributed by atoms with Gasteiger partial charge in [0.05, 0.1) is 24.6 Å². The van der Waals surface area contributed by atoms with Gasteiger partial charge in [0.2, 0.25) is 5.95 Å². The van der Waals surface area contributed by atoms with Gasteiger partial charge in [-0.2, -0.15) is 0 Å². The van der Waals surface area contributed by atoms with Crippen LogP contribution in [0.5, 0.6) is 0 Å². The number of hydrogen-bond donors (Lipinski definition) is 0. The molecular formula is C17H20FN5O. The smallest absolute Gasteiger partial charge is 0.225 e. The second kappa shape index (κ2) is 6.32. The van der Waals surface area contributed by atoms with Gasteiger partial charge in [-0.05, 0) is 25.0 Å². The Kier molecular flexibility index (Phi) is 4.02. The lowest BCUT2D eigenvalue weighted by molar-refractivity contribution is -0.0707. The summed E-state index contributed by atoms with van der Waals surface area (Å²) in [5, 5.41) is 0. The van der Waals surface area contributed by atoms with Crippen molar-refractivity contribution in [2.24, 2.45) is 0 Å². The number of aromatic nitrogens is 3. The molecule has 2 saturated heterocycles. The minimum atomic E-state index is -0.408. The molecular weight excluding hydrogens is 309 g/mol. The predicted octanol–water partition coefficient (Wildman–Crippen LogP) is 1.89. The van der Waals surface area contributed by atoms with Crippen LogP contribution in [0.3, 0.4) is 0 Å². The van der Waals surface area contributed by atoms with Gasteiger partial charge in [0, 0.05) is 32.4 Å². The van der Waals surface area contributed by atoms with Crippen LogP contribution >= 0.6 is 0 Å². The van der Waals surface area contributed by atoms with Crippen molar-refractivity contribution in [1.82, 2.24) is 15.0 Å². The van der Waals surface area contributed by atoms with Gasteiger partial charge in [0.1, 0.15) is 5.82 Å². The summed E-state index contributed by atoms with van der Waals surface area (Å²) in [5.41, 5.74) is -0.147. The number of pyridine rings is 1. The number of rotatable bonds is 2. The standard InChI is InChI=1S/C17H20FN5O/c18-14-11-20-16(21-12-14)22-7-4-17(5-8-22)13-23(9-10-24-17)15-3-1-2-6-19-15/h1-3,6,11-12H,4-5,7-10,13H2. The highest BCUT2D eigenvalue weighted by Gasteiger charge is 2.40. The van der Waals surface area contributed by atoms with Gasteiger partial charge in [0.25, 0.3) is 0 Å². The molecule has 4 rings (SSSR count). The van der Waals surface area contributed by atoms with Gasteiger partial charge >= 0.3 is 0 Å². The minimum Gasteiger partial charge on any atom is -0.371 e. The normalized spacial score (nSPS) is 20.4. The zero-order chi connectivity index (χ0) is 16.4. The third kappa shape index (κ3) is 3.03. The highest BCUT2D eigenvalue weighted by Crippen LogP contribution is 2.32. The van der Waals surface area contributed by atoms with E-state index in [1.807, 2.05) is 24.4 Å². The molecule has 0 N–H and O–H groups in total. The lowest BCUT2D eigenvalue weighted by Crippen LogP contribution is -2.57. The molecule has 1 spiro atoms. The molecule has 0 aromatic carbocycles. The average molecular weight is 329 g/mol. The fourth-order valence-corrected chi connectivity index (χ4v) is 3.47. The lowest BCUT2D eigenvalue weighted by atomic mass is 9.89. The molecule has 2 aliphatic rings. The van der Waals surface area contributed by atoms with Crippen molar-refractivity contribution in [3.05, 3.63) is 42.6 Å². The van der Waals surface area contributed by atoms with E-state index in [0.717, 1.165) is 44.8 Å². The Labute approximate surface area is 140 Å². The molecule has 2 fully saturated rings. The Morgan fingerprint density at radius 3 is 2.50 bits per heavy atom. The first-order valence-electron chi connectivity index (χ1n) is 8.27. The van der Waals surface area contributed by atoms with E-state index >= 15 is 0 Å². The first-order valence-corrected chi connectivity index (χ1v) is 8.27. The second-order valence-corrected chi connectivity index (χ2v) is 6.33. The molecule has 0 aliphatic carbocycles. The van der Waals surface area contributed by atoms with Gasteiger partial charge in [-0.25, -0.2) is 19.3 Å². The van der Waals surface area contributed by atoms with Crippen molar-refractivity contribution in [1.29, 1.82) is 0 Å². The summed E-state index contributed by atoms with van der Waals surface area (Å²) in [6.45, 7) is 4.04. The minimum absolute atomic E-state index is 0.147. The van der Waals surface area contributed by atoms with E-state index in [4.69, 9.17) is 4.74 Å². The summed E-state index contributed by atoms with van der Waals surface area (Å²) in [4.78, 5) is 17.0. The monoisotopic (exact) mass is 329 g/mol. The fourth-order valence-electron chi connectivity index (χ4n) is 3.47. The molecule has 2 aromatic rings. The maximum Gasteiger partial charge on any atom is 0.225 e. The van der Waals surface area contributed by atoms with Gasteiger partial charge in [-0.15, -0.1) is 0 Å². The Bertz CT molecular complexity index is 673. The molecule has 6 nitrogen and oxygen atoms in total. The van der Waals surface area contributed by atoms with Crippen molar-refractivity contribution in [2.75, 3.05) is 42.6 Å². The van der Waals surface area contributed by atoms with Crippen molar-refractivity contribution in [2.45, 2.75) is 18.4 Å². The predicted molar refractivity (Wildman–Crippen MR) is 88.6 cm³/mol. The lowest BCUT2D eigenvalue weighted by Gasteiger charge is -2.47. The molecule has 24 heavy (non-hydrogen) atoms. The molecule has 0 atom stereocenters. The van der Waals surface area contributed by atoms with Gasteiger partial charge in [-0.3, -0.25) is 0 Å². The van der Waals surface area contributed by atoms with Crippen LogP contribution in [0, 0.1) is 5.82 Å². The molecule has 126 valence electrons. The molecule has 0 saturated carbocycles. The van der Waals surface area contributed by atoms with Crippen molar-refractivity contribution in [3.8, 4) is 0 Å². The van der Waals surface area contributed by atoms with Crippen LogP contribution in [-0.2, 0) is 4.74 Å². The van der Waals surface area contributed by atoms with E-state index in [0.29, 0.717) is 12.6 Å². The van der Waals surface area contributed by atoms with E-state index in [1.54, 1.807) is 0 Å². The highest BCUT2D eigenvalue weighted by atomic mass is 19.1. The van der Waals surface area contributed by atoms with Crippen LogP contribution in [0.15, 0.2) is 36.8 Å². The molecule has 7 heteroatoms. The zero-order valence-corrected chi connectivity index (χ0v) is 13.4. The summed E-state index contributed by atoms with van der Waals surface area (Å²) < 4.78 is 19.1. The van der Waals surface area contributed by atoms with Crippen molar-refractivity contribution in [3.63, 3.8) is 0 Å². The van der Waals surface area contributed by atoms with Gasteiger partial charge < -0.3 is 14.5 Å². The molecule has 2 aliphatic heterocycles. The third-order valence-corrected chi connectivity index (χ3v) is 4.79. The second-order valence-electron chi connectivity index (χ2n) is 6.33. The molecule has 0 unspecified atom stereocenters. The zero-order valence-electron chi connectivity index (χ0n) is 13.4. The number of nitrogens with zero attached hydrogens (tertiary/aromatic N) is 5. The number of anilines is 2. The number of hydrogen-bond acceptors (Lipinski definition) is 6. The quantitative estimate of drug-likeness (QED) is 0.839. The maximum atomic E-state index is 13.0. The van der Waals surface area contributed by atoms with E-state index in [-0.39, 0.29) is 5.60 Å². The van der Waals surface area contributed by atoms with Crippen LogP contribution in [0.2, 0.25) is 0 Å². The summed E-state index contributed by atoms with van der Waals surface area (Å²) in [7, 11) is 0. The first kappa shape index (κ1) is 15.3. The summed E-state index contributed by atoms with van der Waals surface area (Å²) >= 11 is 0. The molecule has 0 bridgehead atoms. The van der Waals surface area contributed by atoms with E-state index in [9.17, 15) is 4.39 Å².